The van der Waals surface area contributed by atoms with Gasteiger partial charge in [0.2, 0.25) is 11.9 Å². The van der Waals surface area contributed by atoms with E-state index in [1.165, 1.54) is 12.1 Å². The van der Waals surface area contributed by atoms with Crippen molar-refractivity contribution in [1.82, 2.24) is 20.3 Å². The minimum Gasteiger partial charge on any atom is -0.478 e. The maximum Gasteiger partial charge on any atom is 0.335 e. The molecule has 0 radical (unpaired) electrons. The number of benzene rings is 4. The Morgan fingerprint density at radius 1 is 0.688 bits per heavy atom. The van der Waals surface area contributed by atoms with Crippen LogP contribution in [-0.4, -0.2) is 63.3 Å². The molecule has 14 nitrogen and oxygen atoms in total. The Morgan fingerprint density at radius 2 is 1.25 bits per heavy atom. The first-order valence-corrected chi connectivity index (χ1v) is 15.0. The number of aromatic nitrogens is 3. The van der Waals surface area contributed by atoms with E-state index in [9.17, 15) is 19.8 Å². The fourth-order valence-electron chi connectivity index (χ4n) is 4.79. The summed E-state index contributed by atoms with van der Waals surface area (Å²) in [4.78, 5) is 39.1. The largest absolute Gasteiger partial charge is 0.478 e. The summed E-state index contributed by atoms with van der Waals surface area (Å²) < 4.78 is 0. The van der Waals surface area contributed by atoms with Crippen molar-refractivity contribution in [2.45, 2.75) is 6.42 Å². The van der Waals surface area contributed by atoms with Gasteiger partial charge in [-0.25, -0.2) is 9.59 Å². The highest BCUT2D eigenvalue weighted by atomic mass is 16.4. The smallest absolute Gasteiger partial charge is 0.335 e. The van der Waals surface area contributed by atoms with E-state index in [0.29, 0.717) is 35.5 Å². The third-order valence-corrected chi connectivity index (χ3v) is 7.22. The molecular formula is C34H30N10O4. The fourth-order valence-corrected chi connectivity index (χ4v) is 4.79. The average Bonchev–Trinajstić information content (AvgIpc) is 3.11. The van der Waals surface area contributed by atoms with Crippen molar-refractivity contribution in [3.05, 3.63) is 120 Å². The second-order valence-electron chi connectivity index (χ2n) is 10.7. The number of carboxylic acid groups (broad SMARTS) is 2. The number of nitrogens with one attached hydrogen (secondary N) is 2. The van der Waals surface area contributed by atoms with Crippen LogP contribution in [0.1, 0.15) is 32.1 Å². The highest BCUT2D eigenvalue weighted by Gasteiger charge is 2.17. The first-order chi connectivity index (χ1) is 23.4. The summed E-state index contributed by atoms with van der Waals surface area (Å²) in [5, 5.41) is 42.0. The Kier molecular flexibility index (Phi) is 9.73. The normalized spacial score (nSPS) is 13.2. The predicted octanol–water partition coefficient (Wildman–Crippen LogP) is 6.84. The van der Waals surface area contributed by atoms with Gasteiger partial charge < -0.3 is 25.7 Å². The second kappa shape index (κ2) is 14.8. The number of piperazine rings is 1. The van der Waals surface area contributed by atoms with Crippen LogP contribution in [0.3, 0.4) is 0 Å². The first kappa shape index (κ1) is 31.6. The first-order valence-electron chi connectivity index (χ1n) is 15.0. The van der Waals surface area contributed by atoms with E-state index in [0.717, 1.165) is 49.2 Å². The Bertz CT molecular complexity index is 1930. The number of rotatable bonds is 11. The molecule has 14 heteroatoms. The SMILES string of the molecule is O=C(O)c1cc(N=Nc2ccc(Nc3nc(Cc4ccc(N=Nc5ccccc5)cc4)nc(N4CCNCC4)n3)cc2)cc(C(=O)O)c1. The number of anilines is 3. The Morgan fingerprint density at radius 3 is 1.85 bits per heavy atom. The molecule has 4 aromatic carbocycles. The number of aromatic carboxylic acids is 2. The Hall–Kier alpha value is -6.41. The lowest BCUT2D eigenvalue weighted by atomic mass is 10.1. The molecule has 0 atom stereocenters. The zero-order valence-electron chi connectivity index (χ0n) is 25.6. The maximum atomic E-state index is 11.4. The van der Waals surface area contributed by atoms with Gasteiger partial charge in [-0.2, -0.15) is 35.4 Å². The molecule has 1 fully saturated rings. The van der Waals surface area contributed by atoms with Crippen molar-refractivity contribution in [3.63, 3.8) is 0 Å². The van der Waals surface area contributed by atoms with Crippen molar-refractivity contribution in [2.75, 3.05) is 36.4 Å². The average molecular weight is 643 g/mol. The van der Waals surface area contributed by atoms with Gasteiger partial charge >= 0.3 is 11.9 Å². The molecule has 0 saturated carbocycles. The van der Waals surface area contributed by atoms with Crippen LogP contribution in [0.2, 0.25) is 0 Å². The molecule has 48 heavy (non-hydrogen) atoms. The number of azo groups is 2. The Balaban J connectivity index is 1.18. The van der Waals surface area contributed by atoms with Crippen molar-refractivity contribution < 1.29 is 19.8 Å². The van der Waals surface area contributed by atoms with E-state index in [1.807, 2.05) is 54.6 Å². The molecule has 0 aliphatic carbocycles. The van der Waals surface area contributed by atoms with Crippen LogP contribution >= 0.6 is 0 Å². The molecule has 0 unspecified atom stereocenters. The van der Waals surface area contributed by atoms with E-state index in [-0.39, 0.29) is 16.8 Å². The highest BCUT2D eigenvalue weighted by Crippen LogP contribution is 2.25. The van der Waals surface area contributed by atoms with Crippen molar-refractivity contribution >= 4 is 52.3 Å². The third-order valence-electron chi connectivity index (χ3n) is 7.22. The number of carbonyl (C=O) groups is 2. The predicted molar refractivity (Wildman–Crippen MR) is 179 cm³/mol. The molecule has 6 rings (SSSR count). The molecule has 1 aromatic heterocycles. The van der Waals surface area contributed by atoms with Crippen LogP contribution < -0.4 is 15.5 Å². The molecule has 1 saturated heterocycles. The number of hydrogen-bond acceptors (Lipinski definition) is 12. The van der Waals surface area contributed by atoms with Gasteiger partial charge in [-0.15, -0.1) is 0 Å². The summed E-state index contributed by atoms with van der Waals surface area (Å²) in [5.74, 6) is -0.929. The van der Waals surface area contributed by atoms with Crippen molar-refractivity contribution in [2.24, 2.45) is 20.5 Å². The molecule has 0 spiro atoms. The Labute approximate surface area is 275 Å². The topological polar surface area (TPSA) is 190 Å². The molecule has 0 bridgehead atoms. The zero-order chi connectivity index (χ0) is 33.3. The molecule has 0 amide bonds. The quantitative estimate of drug-likeness (QED) is 0.111. The lowest BCUT2D eigenvalue weighted by molar-refractivity contribution is 0.0696. The second-order valence-corrected chi connectivity index (χ2v) is 10.7. The summed E-state index contributed by atoms with van der Waals surface area (Å²) in [6.45, 7) is 3.20. The van der Waals surface area contributed by atoms with Crippen molar-refractivity contribution in [1.29, 1.82) is 0 Å². The van der Waals surface area contributed by atoms with Crippen LogP contribution in [0.5, 0.6) is 0 Å². The van der Waals surface area contributed by atoms with Crippen LogP contribution in [-0.2, 0) is 6.42 Å². The molecule has 2 heterocycles. The van der Waals surface area contributed by atoms with E-state index < -0.39 is 11.9 Å². The maximum absolute atomic E-state index is 11.4. The molecule has 4 N–H and O–H groups in total. The number of nitrogens with zero attached hydrogens (tertiary/aromatic N) is 8. The summed E-state index contributed by atoms with van der Waals surface area (Å²) >= 11 is 0. The minimum absolute atomic E-state index is 0.110. The lowest BCUT2D eigenvalue weighted by Crippen LogP contribution is -2.44. The molecule has 240 valence electrons. The van der Waals surface area contributed by atoms with E-state index in [2.05, 4.69) is 36.0 Å². The lowest BCUT2D eigenvalue weighted by Gasteiger charge is -2.27. The van der Waals surface area contributed by atoms with Gasteiger partial charge in [-0.1, -0.05) is 30.3 Å². The molecule has 1 aliphatic heterocycles. The van der Waals surface area contributed by atoms with Gasteiger partial charge in [0.15, 0.2) is 0 Å². The highest BCUT2D eigenvalue weighted by molar-refractivity contribution is 5.95. The van der Waals surface area contributed by atoms with Crippen LogP contribution in [0, 0.1) is 0 Å². The van der Waals surface area contributed by atoms with Crippen LogP contribution in [0.15, 0.2) is 118 Å². The molecule has 5 aromatic rings. The van der Waals surface area contributed by atoms with E-state index in [1.54, 1.807) is 24.3 Å². The third kappa shape index (κ3) is 8.44. The van der Waals surface area contributed by atoms with Gasteiger partial charge in [0.25, 0.3) is 0 Å². The fraction of sp³-hybridized carbons (Fsp3) is 0.147. The summed E-state index contributed by atoms with van der Waals surface area (Å²) in [6.07, 6.45) is 0.485. The minimum atomic E-state index is -1.26. The van der Waals surface area contributed by atoms with Gasteiger partial charge in [0.05, 0.1) is 33.9 Å². The van der Waals surface area contributed by atoms with Gasteiger partial charge in [0, 0.05) is 38.3 Å². The zero-order valence-corrected chi connectivity index (χ0v) is 25.6. The number of hydrogen-bond donors (Lipinski definition) is 4. The molecular weight excluding hydrogens is 612 g/mol. The number of carboxylic acids is 2. The van der Waals surface area contributed by atoms with Crippen molar-refractivity contribution in [3.8, 4) is 0 Å². The van der Waals surface area contributed by atoms with E-state index >= 15 is 0 Å². The summed E-state index contributed by atoms with van der Waals surface area (Å²) in [5.41, 5.74) is 3.43. The molecule has 1 aliphatic rings. The summed E-state index contributed by atoms with van der Waals surface area (Å²) in [7, 11) is 0. The standard InChI is InChI=1S/C34H30N10O4/c45-31(46)23-19-24(32(47)48)21-29(20-23)43-42-28-12-10-25(11-13-28)36-33-37-30(38-34(39-33)44-16-14-35-15-17-44)18-22-6-8-27(9-7-22)41-40-26-4-2-1-3-5-26/h1-13,19-21,35H,14-18H2,(H,45,46)(H,47,48)(H,36,37,38,39). The summed E-state index contributed by atoms with van der Waals surface area (Å²) in [6, 6.07) is 27.9. The van der Waals surface area contributed by atoms with Crippen LogP contribution in [0.25, 0.3) is 0 Å². The monoisotopic (exact) mass is 642 g/mol. The van der Waals surface area contributed by atoms with Crippen LogP contribution in [0.4, 0.5) is 40.3 Å². The van der Waals surface area contributed by atoms with Gasteiger partial charge in [-0.3, -0.25) is 0 Å². The van der Waals surface area contributed by atoms with E-state index in [4.69, 9.17) is 15.0 Å². The van der Waals surface area contributed by atoms with Gasteiger partial charge in [0.1, 0.15) is 5.82 Å². The van der Waals surface area contributed by atoms with Gasteiger partial charge in [-0.05, 0) is 72.3 Å².